The van der Waals surface area contributed by atoms with E-state index in [4.69, 9.17) is 14.5 Å². The van der Waals surface area contributed by atoms with Crippen molar-refractivity contribution in [1.82, 2.24) is 19.9 Å². The maximum Gasteiger partial charge on any atom is 0.257 e. The van der Waals surface area contributed by atoms with Gasteiger partial charge < -0.3 is 29.7 Å². The van der Waals surface area contributed by atoms with Gasteiger partial charge in [-0.2, -0.15) is 32.0 Å². The molecule has 0 bridgehead atoms. The summed E-state index contributed by atoms with van der Waals surface area (Å²) in [6.07, 6.45) is 4.50. The van der Waals surface area contributed by atoms with E-state index >= 15 is 0 Å². The highest BCUT2D eigenvalue weighted by Crippen LogP contribution is 2.36. The first kappa shape index (κ1) is 28.4. The Balaban J connectivity index is 0.00000190. The lowest BCUT2D eigenvalue weighted by molar-refractivity contribution is 0.0748. The third-order valence-electron chi connectivity index (χ3n) is 6.24. The lowest BCUT2D eigenvalue weighted by Crippen LogP contribution is -2.45. The summed E-state index contributed by atoms with van der Waals surface area (Å²) in [6, 6.07) is 9.41. The number of aromatic nitrogens is 3. The molecular formula is C25H32N6O4S2. The fourth-order valence-electron chi connectivity index (χ4n) is 4.14. The number of rotatable bonds is 6. The Kier molecular flexibility index (Phi) is 9.11. The Bertz CT molecular complexity index is 1240. The zero-order valence-corrected chi connectivity index (χ0v) is 22.9. The fourth-order valence-corrected chi connectivity index (χ4v) is 4.14. The number of nitrogens with one attached hydrogen (secondary N) is 1. The van der Waals surface area contributed by atoms with Crippen LogP contribution in [0.15, 0.2) is 42.7 Å². The molecule has 2 aromatic heterocycles. The standard InChI is InChI=1S/C25H28N6O4.2H2S/c1-30(2)24(33)16-6-4-15(5-7-16)20-14-27-25(29-22(20)31(3)18-11-19(32)12-18)28-17-10-21-23(26-13-17)35-9-8-34-21;;/h4-7,10,13-14,18-19,32H,8-9,11-12H2,1-3H3,(H,27,28,29);2*1H2. The van der Waals surface area contributed by atoms with E-state index < -0.39 is 0 Å². The predicted octanol–water partition coefficient (Wildman–Crippen LogP) is 2.94. The number of benzene rings is 1. The topological polar surface area (TPSA) is 113 Å². The van der Waals surface area contributed by atoms with Crippen LogP contribution in [0.5, 0.6) is 11.6 Å². The molecule has 12 heteroatoms. The normalized spacial score (nSPS) is 17.4. The van der Waals surface area contributed by atoms with Gasteiger partial charge in [0, 0.05) is 50.6 Å². The molecular weight excluding hydrogens is 512 g/mol. The molecule has 0 spiro atoms. The van der Waals surface area contributed by atoms with Crippen molar-refractivity contribution in [1.29, 1.82) is 0 Å². The number of ether oxygens (including phenoxy) is 2. The molecule has 37 heavy (non-hydrogen) atoms. The van der Waals surface area contributed by atoms with E-state index in [1.54, 1.807) is 31.4 Å². The molecule has 2 N–H and O–H groups in total. The van der Waals surface area contributed by atoms with Crippen molar-refractivity contribution >= 4 is 50.4 Å². The van der Waals surface area contributed by atoms with E-state index in [0.29, 0.717) is 54.9 Å². The Labute approximate surface area is 229 Å². The molecule has 0 unspecified atom stereocenters. The van der Waals surface area contributed by atoms with Gasteiger partial charge in [0.2, 0.25) is 5.95 Å². The Morgan fingerprint density at radius 2 is 1.73 bits per heavy atom. The molecule has 198 valence electrons. The second-order valence-electron chi connectivity index (χ2n) is 8.95. The van der Waals surface area contributed by atoms with Crippen molar-refractivity contribution in [3.05, 3.63) is 48.3 Å². The van der Waals surface area contributed by atoms with Crippen molar-refractivity contribution in [2.24, 2.45) is 0 Å². The Morgan fingerprint density at radius 1 is 1.03 bits per heavy atom. The summed E-state index contributed by atoms with van der Waals surface area (Å²) >= 11 is 0. The van der Waals surface area contributed by atoms with Gasteiger partial charge in [-0.3, -0.25) is 4.79 Å². The molecule has 1 aliphatic carbocycles. The number of carbonyl (C=O) groups is 1. The monoisotopic (exact) mass is 544 g/mol. The van der Waals surface area contributed by atoms with Crippen LogP contribution >= 0.6 is 27.0 Å². The van der Waals surface area contributed by atoms with E-state index in [1.807, 2.05) is 37.4 Å². The summed E-state index contributed by atoms with van der Waals surface area (Å²) in [4.78, 5) is 29.6. The predicted molar refractivity (Wildman–Crippen MR) is 152 cm³/mol. The molecule has 1 amide bonds. The van der Waals surface area contributed by atoms with Gasteiger partial charge in [-0.1, -0.05) is 12.1 Å². The average Bonchev–Trinajstić information content (AvgIpc) is 2.86. The Hall–Kier alpha value is -3.22. The molecule has 3 aromatic rings. The molecule has 1 fully saturated rings. The molecule has 1 saturated carbocycles. The zero-order valence-electron chi connectivity index (χ0n) is 20.9. The van der Waals surface area contributed by atoms with Crippen LogP contribution in [0.25, 0.3) is 11.1 Å². The molecule has 3 heterocycles. The second kappa shape index (κ2) is 11.9. The third kappa shape index (κ3) is 6.03. The number of aliphatic hydroxyl groups is 1. The molecule has 0 radical (unpaired) electrons. The van der Waals surface area contributed by atoms with Gasteiger partial charge in [0.05, 0.1) is 18.0 Å². The first-order valence-corrected chi connectivity index (χ1v) is 11.5. The van der Waals surface area contributed by atoms with Gasteiger partial charge in [0.15, 0.2) is 5.75 Å². The van der Waals surface area contributed by atoms with Crippen molar-refractivity contribution in [2.75, 3.05) is 44.6 Å². The number of hydrogen-bond acceptors (Lipinski definition) is 9. The van der Waals surface area contributed by atoms with Crippen LogP contribution in [0.3, 0.4) is 0 Å². The van der Waals surface area contributed by atoms with Crippen molar-refractivity contribution < 1.29 is 19.4 Å². The summed E-state index contributed by atoms with van der Waals surface area (Å²) in [5.41, 5.74) is 3.03. The quantitative estimate of drug-likeness (QED) is 0.484. The van der Waals surface area contributed by atoms with Crippen LogP contribution in [0.4, 0.5) is 17.5 Å². The van der Waals surface area contributed by atoms with Gasteiger partial charge in [0.25, 0.3) is 11.8 Å². The minimum Gasteiger partial charge on any atom is -0.484 e. The zero-order chi connectivity index (χ0) is 24.5. The molecule has 5 rings (SSSR count). The van der Waals surface area contributed by atoms with E-state index in [9.17, 15) is 9.90 Å². The van der Waals surface area contributed by atoms with Crippen LogP contribution in [0, 0.1) is 0 Å². The van der Waals surface area contributed by atoms with Gasteiger partial charge in [0.1, 0.15) is 19.0 Å². The number of carbonyl (C=O) groups excluding carboxylic acids is 1. The van der Waals surface area contributed by atoms with E-state index in [0.717, 1.165) is 16.9 Å². The third-order valence-corrected chi connectivity index (χ3v) is 6.24. The van der Waals surface area contributed by atoms with Gasteiger partial charge in [-0.25, -0.2) is 9.97 Å². The lowest BCUT2D eigenvalue weighted by Gasteiger charge is -2.39. The molecule has 10 nitrogen and oxygen atoms in total. The largest absolute Gasteiger partial charge is 0.484 e. The van der Waals surface area contributed by atoms with Crippen LogP contribution in [0.2, 0.25) is 0 Å². The number of nitrogens with zero attached hydrogens (tertiary/aromatic N) is 5. The summed E-state index contributed by atoms with van der Waals surface area (Å²) in [6.45, 7) is 0.956. The van der Waals surface area contributed by atoms with Gasteiger partial charge >= 0.3 is 0 Å². The maximum absolute atomic E-state index is 12.3. The highest BCUT2D eigenvalue weighted by Gasteiger charge is 2.32. The number of anilines is 3. The summed E-state index contributed by atoms with van der Waals surface area (Å²) < 4.78 is 11.1. The number of amides is 1. The van der Waals surface area contributed by atoms with Crippen molar-refractivity contribution in [3.63, 3.8) is 0 Å². The minimum absolute atomic E-state index is 0. The van der Waals surface area contributed by atoms with Crippen LogP contribution in [-0.4, -0.2) is 77.4 Å². The van der Waals surface area contributed by atoms with Crippen molar-refractivity contribution in [2.45, 2.75) is 25.0 Å². The minimum atomic E-state index is -0.287. The van der Waals surface area contributed by atoms with E-state index in [2.05, 4.69) is 20.2 Å². The Morgan fingerprint density at radius 3 is 2.41 bits per heavy atom. The summed E-state index contributed by atoms with van der Waals surface area (Å²) in [5, 5.41) is 13.0. The number of hydrogen-bond donors (Lipinski definition) is 2. The van der Waals surface area contributed by atoms with Gasteiger partial charge in [-0.15, -0.1) is 0 Å². The molecule has 1 aromatic carbocycles. The van der Waals surface area contributed by atoms with E-state index in [1.165, 1.54) is 0 Å². The van der Waals surface area contributed by atoms with Crippen LogP contribution in [0.1, 0.15) is 23.2 Å². The first-order chi connectivity index (χ1) is 16.9. The average molecular weight is 545 g/mol. The van der Waals surface area contributed by atoms with Crippen LogP contribution < -0.4 is 19.7 Å². The van der Waals surface area contributed by atoms with Gasteiger partial charge in [-0.05, 0) is 30.5 Å². The number of pyridine rings is 1. The SMILES string of the molecule is CN(C)C(=O)c1ccc(-c2cnc(Nc3cnc4c(c3)OCCO4)nc2N(C)C2CC(O)C2)cc1.S.S. The molecule has 0 atom stereocenters. The highest BCUT2D eigenvalue weighted by molar-refractivity contribution is 7.59. The number of aliphatic hydroxyl groups excluding tert-OH is 1. The summed E-state index contributed by atoms with van der Waals surface area (Å²) in [7, 11) is 5.43. The smallest absolute Gasteiger partial charge is 0.257 e. The molecule has 1 aliphatic heterocycles. The maximum atomic E-state index is 12.3. The second-order valence-corrected chi connectivity index (χ2v) is 8.95. The highest BCUT2D eigenvalue weighted by atomic mass is 32.1. The fraction of sp³-hybridized carbons (Fsp3) is 0.360. The molecule has 2 aliphatic rings. The number of fused-ring (bicyclic) bond motifs is 1. The summed E-state index contributed by atoms with van der Waals surface area (Å²) in [5.74, 6) is 2.13. The van der Waals surface area contributed by atoms with Crippen molar-refractivity contribution in [3.8, 4) is 22.8 Å². The first-order valence-electron chi connectivity index (χ1n) is 11.5. The van der Waals surface area contributed by atoms with Crippen LogP contribution in [-0.2, 0) is 0 Å². The molecule has 0 saturated heterocycles. The van der Waals surface area contributed by atoms with E-state index in [-0.39, 0.29) is 45.0 Å². The lowest BCUT2D eigenvalue weighted by atomic mass is 9.88.